The lowest BCUT2D eigenvalue weighted by molar-refractivity contribution is 0.158. The number of hydrogen-bond acceptors (Lipinski definition) is 5. The Morgan fingerprint density at radius 2 is 2.32 bits per heavy atom. The summed E-state index contributed by atoms with van der Waals surface area (Å²) in [6.45, 7) is 5.87. The first-order chi connectivity index (χ1) is 10.6. The predicted molar refractivity (Wildman–Crippen MR) is 85.9 cm³/mol. The van der Waals surface area contributed by atoms with Crippen molar-refractivity contribution in [3.63, 3.8) is 0 Å². The summed E-state index contributed by atoms with van der Waals surface area (Å²) in [5.41, 5.74) is 0.778. The van der Waals surface area contributed by atoms with Crippen LogP contribution in [-0.2, 0) is 4.74 Å². The van der Waals surface area contributed by atoms with Crippen molar-refractivity contribution in [2.75, 3.05) is 25.0 Å². The van der Waals surface area contributed by atoms with Crippen molar-refractivity contribution in [1.29, 1.82) is 0 Å². The van der Waals surface area contributed by atoms with Gasteiger partial charge in [-0.3, -0.25) is 4.90 Å². The molecular formula is C14H18BrN5O2. The zero-order valence-electron chi connectivity index (χ0n) is 12.5. The summed E-state index contributed by atoms with van der Waals surface area (Å²) in [4.78, 5) is 17.7. The Balaban J connectivity index is 1.61. The molecule has 0 aliphatic carbocycles. The molecule has 1 aliphatic rings. The lowest BCUT2D eigenvalue weighted by Crippen LogP contribution is -2.40. The summed E-state index contributed by atoms with van der Waals surface area (Å²) in [5, 5.41) is 7.66. The first-order valence-electron chi connectivity index (χ1n) is 7.24. The first kappa shape index (κ1) is 15.1. The SMILES string of the molecule is CC(C)C1COC(=O)N1CCNc1ccc2ncc(Br)n2n1. The molecular weight excluding hydrogens is 350 g/mol. The lowest BCUT2D eigenvalue weighted by Gasteiger charge is -2.24. The Hall–Kier alpha value is -1.83. The van der Waals surface area contributed by atoms with Gasteiger partial charge in [0.25, 0.3) is 0 Å². The molecule has 7 nitrogen and oxygen atoms in total. The van der Waals surface area contributed by atoms with Crippen LogP contribution in [0.15, 0.2) is 22.9 Å². The third-order valence-electron chi connectivity index (χ3n) is 3.76. The van der Waals surface area contributed by atoms with E-state index in [0.29, 0.717) is 25.6 Å². The van der Waals surface area contributed by atoms with E-state index in [0.717, 1.165) is 16.1 Å². The minimum atomic E-state index is -0.235. The number of imidazole rings is 1. The predicted octanol–water partition coefficient (Wildman–Crippen LogP) is 2.38. The van der Waals surface area contributed by atoms with Gasteiger partial charge in [0.05, 0.1) is 12.2 Å². The van der Waals surface area contributed by atoms with Gasteiger partial charge in [0.15, 0.2) is 5.65 Å². The largest absolute Gasteiger partial charge is 0.447 e. The standard InChI is InChI=1S/C14H18BrN5O2/c1-9(2)10-8-22-14(21)19(10)6-5-16-12-3-4-13-17-7-11(15)20(13)18-12/h3-4,7,9-10H,5-6,8H2,1-2H3,(H,16,18). The van der Waals surface area contributed by atoms with Gasteiger partial charge in [0.1, 0.15) is 17.0 Å². The summed E-state index contributed by atoms with van der Waals surface area (Å²) >= 11 is 3.40. The summed E-state index contributed by atoms with van der Waals surface area (Å²) < 4.78 is 7.64. The number of hydrogen-bond donors (Lipinski definition) is 1. The Kier molecular flexibility index (Phi) is 4.19. The highest BCUT2D eigenvalue weighted by atomic mass is 79.9. The molecule has 118 valence electrons. The zero-order chi connectivity index (χ0) is 15.7. The number of nitrogens with one attached hydrogen (secondary N) is 1. The average molecular weight is 368 g/mol. The van der Waals surface area contributed by atoms with Crippen LogP contribution in [0.2, 0.25) is 0 Å². The van der Waals surface area contributed by atoms with E-state index < -0.39 is 0 Å². The topological polar surface area (TPSA) is 71.8 Å². The molecule has 3 rings (SSSR count). The number of carbonyl (C=O) groups excluding carboxylic acids is 1. The number of fused-ring (bicyclic) bond motifs is 1. The molecule has 0 radical (unpaired) electrons. The zero-order valence-corrected chi connectivity index (χ0v) is 14.1. The van der Waals surface area contributed by atoms with Gasteiger partial charge in [-0.2, -0.15) is 0 Å². The molecule has 1 atom stereocenters. The van der Waals surface area contributed by atoms with Gasteiger partial charge in [0.2, 0.25) is 0 Å². The highest BCUT2D eigenvalue weighted by Crippen LogP contribution is 2.19. The van der Waals surface area contributed by atoms with E-state index in [2.05, 4.69) is 45.2 Å². The summed E-state index contributed by atoms with van der Waals surface area (Å²) in [6, 6.07) is 3.91. The van der Waals surface area contributed by atoms with Gasteiger partial charge in [0, 0.05) is 13.1 Å². The molecule has 1 unspecified atom stereocenters. The molecule has 0 aromatic carbocycles. The van der Waals surface area contributed by atoms with Gasteiger partial charge in [-0.1, -0.05) is 13.8 Å². The Labute approximate surface area is 136 Å². The van der Waals surface area contributed by atoms with Gasteiger partial charge < -0.3 is 10.1 Å². The normalized spacial score (nSPS) is 18.3. The van der Waals surface area contributed by atoms with Crippen LogP contribution in [0.5, 0.6) is 0 Å². The molecule has 8 heteroatoms. The third kappa shape index (κ3) is 2.87. The second-order valence-corrected chi connectivity index (χ2v) is 6.39. The number of amides is 1. The number of nitrogens with zero attached hydrogens (tertiary/aromatic N) is 4. The van der Waals surface area contributed by atoms with E-state index in [4.69, 9.17) is 4.74 Å². The molecule has 22 heavy (non-hydrogen) atoms. The number of cyclic esters (lactones) is 1. The first-order valence-corrected chi connectivity index (χ1v) is 8.03. The van der Waals surface area contributed by atoms with E-state index in [9.17, 15) is 4.79 Å². The summed E-state index contributed by atoms with van der Waals surface area (Å²) in [6.07, 6.45) is 1.47. The van der Waals surface area contributed by atoms with Crippen molar-refractivity contribution >= 4 is 33.5 Å². The quantitative estimate of drug-likeness (QED) is 0.878. The molecule has 1 aliphatic heterocycles. The van der Waals surface area contributed by atoms with Gasteiger partial charge >= 0.3 is 6.09 Å². The van der Waals surface area contributed by atoms with Crippen LogP contribution in [0.3, 0.4) is 0 Å². The van der Waals surface area contributed by atoms with E-state index in [1.807, 2.05) is 12.1 Å². The molecule has 2 aromatic rings. The van der Waals surface area contributed by atoms with Crippen molar-refractivity contribution in [2.24, 2.45) is 5.92 Å². The number of ether oxygens (including phenoxy) is 1. The van der Waals surface area contributed by atoms with Crippen molar-refractivity contribution in [2.45, 2.75) is 19.9 Å². The maximum Gasteiger partial charge on any atom is 0.410 e. The second kappa shape index (κ2) is 6.12. The van der Waals surface area contributed by atoms with Crippen LogP contribution in [-0.4, -0.2) is 51.3 Å². The summed E-state index contributed by atoms with van der Waals surface area (Å²) in [7, 11) is 0. The third-order valence-corrected chi connectivity index (χ3v) is 4.30. The molecule has 1 fully saturated rings. The van der Waals surface area contributed by atoms with Crippen LogP contribution in [0.25, 0.3) is 5.65 Å². The van der Waals surface area contributed by atoms with Gasteiger partial charge in [-0.05, 0) is 34.0 Å². The molecule has 2 aromatic heterocycles. The Morgan fingerprint density at radius 1 is 1.50 bits per heavy atom. The van der Waals surface area contributed by atoms with Gasteiger partial charge in [-0.25, -0.2) is 14.3 Å². The minimum Gasteiger partial charge on any atom is -0.447 e. The highest BCUT2D eigenvalue weighted by Gasteiger charge is 2.34. The monoisotopic (exact) mass is 367 g/mol. The number of halogens is 1. The number of anilines is 1. The lowest BCUT2D eigenvalue weighted by atomic mass is 10.0. The fourth-order valence-electron chi connectivity index (χ4n) is 2.52. The number of carbonyl (C=O) groups is 1. The van der Waals surface area contributed by atoms with E-state index in [-0.39, 0.29) is 12.1 Å². The minimum absolute atomic E-state index is 0.146. The van der Waals surface area contributed by atoms with Gasteiger partial charge in [-0.15, -0.1) is 5.10 Å². The fourth-order valence-corrected chi connectivity index (χ4v) is 2.88. The molecule has 0 saturated carbocycles. The number of rotatable bonds is 5. The average Bonchev–Trinajstić information content (AvgIpc) is 3.04. The van der Waals surface area contributed by atoms with Crippen LogP contribution in [0.1, 0.15) is 13.8 Å². The molecule has 0 bridgehead atoms. The molecule has 0 spiro atoms. The van der Waals surface area contributed by atoms with Crippen LogP contribution in [0, 0.1) is 5.92 Å². The highest BCUT2D eigenvalue weighted by molar-refractivity contribution is 9.10. The molecule has 1 amide bonds. The van der Waals surface area contributed by atoms with E-state index in [1.165, 1.54) is 0 Å². The summed E-state index contributed by atoms with van der Waals surface area (Å²) in [5.74, 6) is 1.11. The maximum absolute atomic E-state index is 11.8. The van der Waals surface area contributed by atoms with Crippen LogP contribution in [0.4, 0.5) is 10.6 Å². The van der Waals surface area contributed by atoms with Crippen LogP contribution >= 0.6 is 15.9 Å². The fraction of sp³-hybridized carbons (Fsp3) is 0.500. The smallest absolute Gasteiger partial charge is 0.410 e. The molecule has 1 N–H and O–H groups in total. The van der Waals surface area contributed by atoms with E-state index >= 15 is 0 Å². The maximum atomic E-state index is 11.8. The van der Waals surface area contributed by atoms with Crippen molar-refractivity contribution in [1.82, 2.24) is 19.5 Å². The van der Waals surface area contributed by atoms with Crippen molar-refractivity contribution < 1.29 is 9.53 Å². The second-order valence-electron chi connectivity index (χ2n) is 5.58. The Morgan fingerprint density at radius 3 is 3.09 bits per heavy atom. The number of aromatic nitrogens is 3. The molecule has 3 heterocycles. The van der Waals surface area contributed by atoms with Crippen LogP contribution < -0.4 is 5.32 Å². The van der Waals surface area contributed by atoms with Crippen molar-refractivity contribution in [3.05, 3.63) is 22.9 Å². The van der Waals surface area contributed by atoms with Crippen molar-refractivity contribution in [3.8, 4) is 0 Å². The molecule has 1 saturated heterocycles. The Bertz CT molecular complexity index is 687. The van der Waals surface area contributed by atoms with E-state index in [1.54, 1.807) is 15.6 Å².